The molecule has 47 nitrogen and oxygen atoms in total. The minimum Gasteiger partial charge on any atom is -0.447 e. The molecule has 1 N–H and O–H groups in total. The Morgan fingerprint density at radius 3 is 0.221 bits per heavy atom. The summed E-state index contributed by atoms with van der Waals surface area (Å²) in [5.41, 5.74) is 0. The maximum atomic E-state index is 10.9. The van der Waals surface area contributed by atoms with Crippen molar-refractivity contribution in [1.82, 2.24) is 5.32 Å². The summed E-state index contributed by atoms with van der Waals surface area (Å²) in [4.78, 5) is 10.9. The van der Waals surface area contributed by atoms with Gasteiger partial charge >= 0.3 is 6.09 Å². The lowest BCUT2D eigenvalue weighted by Crippen LogP contribution is -2.21. The number of rotatable bonds is 134. The van der Waals surface area contributed by atoms with Crippen molar-refractivity contribution in [2.24, 2.45) is 0 Å². The van der Waals surface area contributed by atoms with Crippen molar-refractivity contribution in [1.29, 1.82) is 0 Å². The van der Waals surface area contributed by atoms with Gasteiger partial charge in [-0.1, -0.05) is 6.92 Å². The van der Waals surface area contributed by atoms with Crippen molar-refractivity contribution in [3.8, 4) is 0 Å². The first kappa shape index (κ1) is 138. The second-order valence-electron chi connectivity index (χ2n) is 28.3. The molecule has 0 rings (SSSR count). The van der Waals surface area contributed by atoms with Crippen LogP contribution in [0.1, 0.15) is 13.3 Å². The van der Waals surface area contributed by atoms with Crippen molar-refractivity contribution < 1.29 is 218 Å². The summed E-state index contributed by atoms with van der Waals surface area (Å²) in [5, 5.41) is 2.36. The average molecular weight is 2060 g/mol. The quantitative estimate of drug-likeness (QED) is 0.0843. The zero-order valence-corrected chi connectivity index (χ0v) is 85.4. The van der Waals surface area contributed by atoms with E-state index in [9.17, 15) is 4.79 Å². The average Bonchev–Trinajstić information content (AvgIpc) is 1.06. The SMILES string of the molecule is CCCOCCOCCOCCOCCOCCOCCOCCOCCOCCOCCOCCOCCOCCOCCOCCOCCOCCOCCOCCOCCOCCOCCOCCOCCOCCOCCOCCOCCOCCOCCOCCOCCOCCOCCOCCOCCOCCOCCOCCOCCOCCOCCOCCOCCOC(=O)NC. The molecule has 0 aliphatic carbocycles. The van der Waals surface area contributed by atoms with Crippen LogP contribution in [0.5, 0.6) is 0 Å². The first-order valence-corrected chi connectivity index (χ1v) is 50.1. The summed E-state index contributed by atoms with van der Waals surface area (Å²) in [6.07, 6.45) is 0.532. The lowest BCUT2D eigenvalue weighted by Gasteiger charge is -2.09. The molecular weight excluding hydrogens is 1870 g/mol. The molecule has 0 saturated heterocycles. The van der Waals surface area contributed by atoms with E-state index >= 15 is 0 Å². The molecule has 0 fully saturated rings. The van der Waals surface area contributed by atoms with E-state index in [0.29, 0.717) is 575 Å². The van der Waals surface area contributed by atoms with E-state index in [1.165, 1.54) is 7.05 Å². The monoisotopic (exact) mass is 2050 g/mol. The van der Waals surface area contributed by atoms with Crippen LogP contribution in [0.4, 0.5) is 4.79 Å². The Morgan fingerprint density at radius 1 is 0.107 bits per heavy atom. The van der Waals surface area contributed by atoms with E-state index in [1.807, 2.05) is 0 Å². The van der Waals surface area contributed by atoms with Crippen LogP contribution < -0.4 is 5.32 Å². The van der Waals surface area contributed by atoms with Crippen LogP contribution in [-0.4, -0.2) is 601 Å². The third-order valence-electron chi connectivity index (χ3n) is 17.0. The fourth-order valence-corrected chi connectivity index (χ4v) is 9.97. The highest BCUT2D eigenvalue weighted by Gasteiger charge is 2.07. The minimum absolute atomic E-state index is 0.195. The fraction of sp³-hybridized carbons (Fsp3) is 0.989. The van der Waals surface area contributed by atoms with Crippen LogP contribution in [0.2, 0.25) is 0 Å². The number of carbonyl (C=O) groups excluding carboxylic acids is 1. The second kappa shape index (κ2) is 135. The van der Waals surface area contributed by atoms with Crippen molar-refractivity contribution in [2.75, 3.05) is 595 Å². The Hall–Kier alpha value is -2.49. The molecular formula is C93H187NO46. The highest BCUT2D eigenvalue weighted by atomic mass is 16.7. The maximum absolute atomic E-state index is 10.9. The highest BCUT2D eigenvalue weighted by molar-refractivity contribution is 5.66. The molecule has 0 aromatic carbocycles. The van der Waals surface area contributed by atoms with Crippen LogP contribution in [0.25, 0.3) is 0 Å². The Labute approximate surface area is 834 Å². The van der Waals surface area contributed by atoms with Crippen LogP contribution in [-0.2, 0) is 213 Å². The number of hydrogen-bond acceptors (Lipinski definition) is 46. The highest BCUT2D eigenvalue weighted by Crippen LogP contribution is 1.98. The molecule has 0 heterocycles. The maximum Gasteiger partial charge on any atom is 0.406 e. The van der Waals surface area contributed by atoms with Crippen LogP contribution in [0, 0.1) is 0 Å². The largest absolute Gasteiger partial charge is 0.447 e. The second-order valence-corrected chi connectivity index (χ2v) is 28.3. The molecule has 47 heteroatoms. The Bertz CT molecular complexity index is 1980. The standard InChI is InChI=1S/C93H187NO46/c1-3-4-96-5-6-97-7-8-98-9-10-99-11-12-100-13-14-101-15-16-102-17-18-103-19-20-104-21-22-105-23-24-106-25-26-107-27-28-108-29-30-109-31-32-110-33-34-111-35-36-112-37-38-113-39-40-114-41-42-115-43-44-116-45-46-117-47-48-118-49-50-119-51-52-120-53-54-121-55-56-122-57-58-123-59-60-124-61-62-125-63-64-126-65-66-127-67-68-128-69-70-129-71-72-130-73-74-131-75-76-132-77-78-133-79-80-134-81-82-135-83-84-136-85-86-137-87-88-138-89-90-139-91-92-140-93(95)94-2/h3-92H2,1-2H3,(H,94,95). The normalized spacial score (nSPS) is 11.8. The number of hydrogen-bond donors (Lipinski definition) is 1. The van der Waals surface area contributed by atoms with Gasteiger partial charge in [0.15, 0.2) is 0 Å². The van der Waals surface area contributed by atoms with E-state index in [-0.39, 0.29) is 6.61 Å². The summed E-state index contributed by atoms with van der Waals surface area (Å²) < 4.78 is 248. The third-order valence-corrected chi connectivity index (χ3v) is 17.0. The molecule has 0 saturated carbocycles. The molecule has 0 aliphatic heterocycles. The summed E-state index contributed by atoms with van der Waals surface area (Å²) in [5.74, 6) is 0. The topological polar surface area (TPSA) is 444 Å². The van der Waals surface area contributed by atoms with Crippen molar-refractivity contribution in [2.45, 2.75) is 13.3 Å². The van der Waals surface area contributed by atoms with E-state index in [1.54, 1.807) is 0 Å². The summed E-state index contributed by atoms with van der Waals surface area (Å²) in [6.45, 7) is 44.7. The van der Waals surface area contributed by atoms with Crippen LogP contribution in [0.15, 0.2) is 0 Å². The number of amides is 1. The molecule has 0 atom stereocenters. The molecule has 0 unspecified atom stereocenters. The van der Waals surface area contributed by atoms with Gasteiger partial charge in [-0.3, -0.25) is 0 Å². The Kier molecular flexibility index (Phi) is 132. The van der Waals surface area contributed by atoms with Gasteiger partial charge in [-0.15, -0.1) is 0 Å². The number of carbonyl (C=O) groups is 1. The first-order chi connectivity index (χ1) is 69.8. The Balaban J connectivity index is 3.11. The van der Waals surface area contributed by atoms with E-state index in [4.69, 9.17) is 213 Å². The first-order valence-electron chi connectivity index (χ1n) is 50.1. The number of alkyl carbamates (subject to hydrolysis) is 1. The van der Waals surface area contributed by atoms with Gasteiger partial charge in [0, 0.05) is 13.7 Å². The van der Waals surface area contributed by atoms with Gasteiger partial charge in [-0.25, -0.2) is 4.79 Å². The van der Waals surface area contributed by atoms with Gasteiger partial charge < -0.3 is 218 Å². The molecule has 0 aromatic rings. The lowest BCUT2D eigenvalue weighted by molar-refractivity contribution is -0.0329. The molecule has 0 spiro atoms. The van der Waals surface area contributed by atoms with Gasteiger partial charge in [0.1, 0.15) is 6.61 Å². The zero-order valence-electron chi connectivity index (χ0n) is 85.4. The van der Waals surface area contributed by atoms with Gasteiger partial charge in [0.2, 0.25) is 0 Å². The van der Waals surface area contributed by atoms with Crippen LogP contribution in [0.3, 0.4) is 0 Å². The Morgan fingerprint density at radius 2 is 0.164 bits per heavy atom. The summed E-state index contributed by atoms with van der Waals surface area (Å²) in [7, 11) is 1.50. The fourth-order valence-electron chi connectivity index (χ4n) is 9.97. The number of nitrogens with one attached hydrogen (secondary N) is 1. The number of ether oxygens (including phenoxy) is 45. The van der Waals surface area contributed by atoms with Crippen molar-refractivity contribution >= 4 is 6.09 Å². The molecule has 1 amide bonds. The van der Waals surface area contributed by atoms with Gasteiger partial charge in [0.05, 0.1) is 575 Å². The summed E-state index contributed by atoms with van der Waals surface area (Å²) in [6, 6.07) is 0. The third kappa shape index (κ3) is 134. The molecule has 140 heavy (non-hydrogen) atoms. The molecule has 0 bridgehead atoms. The molecule has 0 aliphatic rings. The van der Waals surface area contributed by atoms with Gasteiger partial charge in [0.25, 0.3) is 0 Å². The van der Waals surface area contributed by atoms with Gasteiger partial charge in [-0.05, 0) is 6.42 Å². The van der Waals surface area contributed by atoms with E-state index in [2.05, 4.69) is 12.2 Å². The lowest BCUT2D eigenvalue weighted by atomic mass is 10.5. The van der Waals surface area contributed by atoms with E-state index in [0.717, 1.165) is 13.0 Å². The van der Waals surface area contributed by atoms with E-state index < -0.39 is 6.09 Å². The predicted octanol–water partition coefficient (Wildman–Crippen LogP) is 1.48. The predicted molar refractivity (Wildman–Crippen MR) is 507 cm³/mol. The molecule has 0 aromatic heterocycles. The van der Waals surface area contributed by atoms with Crippen molar-refractivity contribution in [3.63, 3.8) is 0 Å². The van der Waals surface area contributed by atoms with Crippen LogP contribution >= 0.6 is 0 Å². The van der Waals surface area contributed by atoms with Gasteiger partial charge in [-0.2, -0.15) is 0 Å². The minimum atomic E-state index is -0.482. The zero-order chi connectivity index (χ0) is 99.7. The van der Waals surface area contributed by atoms with Crippen molar-refractivity contribution in [3.05, 3.63) is 0 Å². The summed E-state index contributed by atoms with van der Waals surface area (Å²) >= 11 is 0. The smallest absolute Gasteiger partial charge is 0.406 e. The molecule has 0 radical (unpaired) electrons. The molecule has 840 valence electrons.